The van der Waals surface area contributed by atoms with Crippen molar-refractivity contribution >= 4 is 17.8 Å². The number of aromatic nitrogens is 2. The number of hydrogen-bond acceptors (Lipinski definition) is 5. The maximum atomic E-state index is 12.0. The Hall–Kier alpha value is -2.64. The topological polar surface area (TPSA) is 111 Å². The number of rotatable bonds is 6. The molecule has 1 atom stereocenters. The molecule has 1 aromatic heterocycles. The second-order valence-corrected chi connectivity index (χ2v) is 4.23. The first-order chi connectivity index (χ1) is 9.85. The summed E-state index contributed by atoms with van der Waals surface area (Å²) in [5, 5.41) is 15.1. The molecule has 0 aliphatic heterocycles. The number of ether oxygens (including phenoxy) is 1. The molecule has 0 aliphatic rings. The van der Waals surface area contributed by atoms with Gasteiger partial charge in [0, 0.05) is 18.0 Å². The van der Waals surface area contributed by atoms with E-state index in [4.69, 9.17) is 9.84 Å². The number of carboxylic acids is 1. The molecular weight excluding hydrogens is 278 g/mol. The average Bonchev–Trinajstić information content (AvgIpc) is 2.87. The predicted octanol–water partition coefficient (Wildman–Crippen LogP) is 0.725. The summed E-state index contributed by atoms with van der Waals surface area (Å²) in [6, 6.07) is 0.580. The molecule has 0 bridgehead atoms. The van der Waals surface area contributed by atoms with E-state index in [9.17, 15) is 14.4 Å². The molecule has 1 aromatic rings. The highest BCUT2D eigenvalue weighted by Crippen LogP contribution is 2.07. The summed E-state index contributed by atoms with van der Waals surface area (Å²) in [7, 11) is 0. The van der Waals surface area contributed by atoms with Gasteiger partial charge in [-0.25, -0.2) is 9.59 Å². The van der Waals surface area contributed by atoms with Gasteiger partial charge in [0.2, 0.25) is 5.91 Å². The van der Waals surface area contributed by atoms with E-state index in [-0.39, 0.29) is 12.3 Å². The lowest BCUT2D eigenvalue weighted by atomic mass is 10.3. The number of carboxylic acid groups (broad SMARTS) is 1. The van der Waals surface area contributed by atoms with Crippen molar-refractivity contribution in [2.45, 2.75) is 26.8 Å². The lowest BCUT2D eigenvalue weighted by Crippen LogP contribution is -2.30. The van der Waals surface area contributed by atoms with Crippen LogP contribution >= 0.6 is 0 Å². The summed E-state index contributed by atoms with van der Waals surface area (Å²) in [6.07, 6.45) is 2.57. The Labute approximate surface area is 121 Å². The van der Waals surface area contributed by atoms with Gasteiger partial charge < -0.3 is 15.2 Å². The zero-order valence-electron chi connectivity index (χ0n) is 12.0. The van der Waals surface area contributed by atoms with Gasteiger partial charge in [-0.15, -0.1) is 0 Å². The van der Waals surface area contributed by atoms with Crippen LogP contribution in [0.25, 0.3) is 0 Å². The maximum Gasteiger partial charge on any atom is 0.356 e. The van der Waals surface area contributed by atoms with E-state index >= 15 is 0 Å². The van der Waals surface area contributed by atoms with Crippen molar-refractivity contribution in [3.05, 3.63) is 29.7 Å². The molecule has 114 valence electrons. The SMILES string of the molecule is CCOC(=O)/C=C(\C)NC(=O)C(C)n1ccc(C(=O)O)n1. The lowest BCUT2D eigenvalue weighted by Gasteiger charge is -2.12. The van der Waals surface area contributed by atoms with Gasteiger partial charge in [-0.2, -0.15) is 5.10 Å². The lowest BCUT2D eigenvalue weighted by molar-refractivity contribution is -0.137. The molecule has 0 radical (unpaired) electrons. The minimum atomic E-state index is -1.17. The smallest absolute Gasteiger partial charge is 0.356 e. The average molecular weight is 295 g/mol. The van der Waals surface area contributed by atoms with Crippen LogP contribution < -0.4 is 5.32 Å². The summed E-state index contributed by atoms with van der Waals surface area (Å²) >= 11 is 0. The summed E-state index contributed by atoms with van der Waals surface area (Å²) in [5.74, 6) is -2.14. The van der Waals surface area contributed by atoms with Crippen LogP contribution in [0.4, 0.5) is 0 Å². The van der Waals surface area contributed by atoms with E-state index in [2.05, 4.69) is 10.4 Å². The molecule has 8 heteroatoms. The number of nitrogens with zero attached hydrogens (tertiary/aromatic N) is 2. The van der Waals surface area contributed by atoms with Gasteiger partial charge in [0.05, 0.1) is 6.61 Å². The Kier molecular flexibility index (Phi) is 5.65. The van der Waals surface area contributed by atoms with Gasteiger partial charge in [0.1, 0.15) is 6.04 Å². The minimum Gasteiger partial charge on any atom is -0.476 e. The Bertz CT molecular complexity index is 576. The van der Waals surface area contributed by atoms with Gasteiger partial charge in [-0.1, -0.05) is 0 Å². The van der Waals surface area contributed by atoms with E-state index in [1.807, 2.05) is 0 Å². The van der Waals surface area contributed by atoms with E-state index in [0.717, 1.165) is 0 Å². The highest BCUT2D eigenvalue weighted by atomic mass is 16.5. The molecule has 0 saturated heterocycles. The van der Waals surface area contributed by atoms with Crippen molar-refractivity contribution in [3.8, 4) is 0 Å². The third-order valence-electron chi connectivity index (χ3n) is 2.55. The highest BCUT2D eigenvalue weighted by Gasteiger charge is 2.18. The van der Waals surface area contributed by atoms with Crippen molar-refractivity contribution < 1.29 is 24.2 Å². The Morgan fingerprint density at radius 1 is 1.52 bits per heavy atom. The van der Waals surface area contributed by atoms with E-state index in [0.29, 0.717) is 5.70 Å². The summed E-state index contributed by atoms with van der Waals surface area (Å²) in [6.45, 7) is 5.04. The van der Waals surface area contributed by atoms with Crippen molar-refractivity contribution in [1.82, 2.24) is 15.1 Å². The third-order valence-corrected chi connectivity index (χ3v) is 2.55. The number of carbonyl (C=O) groups excluding carboxylic acids is 2. The van der Waals surface area contributed by atoms with Gasteiger partial charge in [-0.05, 0) is 26.8 Å². The fourth-order valence-corrected chi connectivity index (χ4v) is 1.48. The van der Waals surface area contributed by atoms with Crippen LogP contribution in [-0.2, 0) is 14.3 Å². The number of carbonyl (C=O) groups is 3. The summed E-state index contributed by atoms with van der Waals surface area (Å²) < 4.78 is 5.95. The van der Waals surface area contributed by atoms with E-state index in [1.54, 1.807) is 20.8 Å². The largest absolute Gasteiger partial charge is 0.476 e. The molecule has 1 rings (SSSR count). The molecule has 1 heterocycles. The standard InChI is InChI=1S/C13H17N3O5/c1-4-21-11(17)7-8(2)14-12(18)9(3)16-6-5-10(15-16)13(19)20/h5-7,9H,4H2,1-3H3,(H,14,18)(H,19,20)/b8-7+. The molecule has 0 spiro atoms. The van der Waals surface area contributed by atoms with Crippen molar-refractivity contribution in [1.29, 1.82) is 0 Å². The fourth-order valence-electron chi connectivity index (χ4n) is 1.48. The van der Waals surface area contributed by atoms with Crippen molar-refractivity contribution in [2.24, 2.45) is 0 Å². The molecule has 1 amide bonds. The fraction of sp³-hybridized carbons (Fsp3) is 0.385. The van der Waals surface area contributed by atoms with Crippen molar-refractivity contribution in [2.75, 3.05) is 6.61 Å². The van der Waals surface area contributed by atoms with Gasteiger partial charge in [0.25, 0.3) is 0 Å². The van der Waals surface area contributed by atoms with Crippen LogP contribution in [0.3, 0.4) is 0 Å². The molecule has 8 nitrogen and oxygen atoms in total. The molecule has 1 unspecified atom stereocenters. The molecule has 0 saturated carbocycles. The number of hydrogen-bond donors (Lipinski definition) is 2. The van der Waals surface area contributed by atoms with Crippen LogP contribution in [0.15, 0.2) is 24.0 Å². The number of amides is 1. The zero-order valence-corrected chi connectivity index (χ0v) is 12.0. The molecule has 2 N–H and O–H groups in total. The van der Waals surface area contributed by atoms with E-state index in [1.165, 1.54) is 23.0 Å². The first-order valence-corrected chi connectivity index (χ1v) is 6.29. The summed E-state index contributed by atoms with van der Waals surface area (Å²) in [4.78, 5) is 33.9. The second kappa shape index (κ2) is 7.22. The maximum absolute atomic E-state index is 12.0. The molecule has 0 aliphatic carbocycles. The van der Waals surface area contributed by atoms with Gasteiger partial charge >= 0.3 is 11.9 Å². The van der Waals surface area contributed by atoms with Crippen LogP contribution in [0, 0.1) is 0 Å². The quantitative estimate of drug-likeness (QED) is 0.591. The Morgan fingerprint density at radius 2 is 2.19 bits per heavy atom. The van der Waals surface area contributed by atoms with E-state index < -0.39 is 23.9 Å². The van der Waals surface area contributed by atoms with Crippen LogP contribution in [0.1, 0.15) is 37.3 Å². The molecular formula is C13H17N3O5. The summed E-state index contributed by atoms with van der Waals surface area (Å²) in [5.41, 5.74) is 0.185. The van der Waals surface area contributed by atoms with Crippen LogP contribution in [0.5, 0.6) is 0 Å². The van der Waals surface area contributed by atoms with Crippen LogP contribution in [0.2, 0.25) is 0 Å². The molecule has 0 aromatic carbocycles. The zero-order chi connectivity index (χ0) is 16.0. The minimum absolute atomic E-state index is 0.145. The second-order valence-electron chi connectivity index (χ2n) is 4.23. The van der Waals surface area contributed by atoms with Crippen LogP contribution in [-0.4, -0.2) is 39.3 Å². The normalized spacial score (nSPS) is 12.6. The number of nitrogens with one attached hydrogen (secondary N) is 1. The first-order valence-electron chi connectivity index (χ1n) is 6.29. The molecule has 21 heavy (non-hydrogen) atoms. The number of aromatic carboxylic acids is 1. The molecule has 0 fully saturated rings. The third kappa shape index (κ3) is 4.75. The Balaban J connectivity index is 2.69. The number of allylic oxidation sites excluding steroid dienone is 1. The monoisotopic (exact) mass is 295 g/mol. The highest BCUT2D eigenvalue weighted by molar-refractivity contribution is 5.87. The van der Waals surface area contributed by atoms with Crippen molar-refractivity contribution in [3.63, 3.8) is 0 Å². The Morgan fingerprint density at radius 3 is 2.71 bits per heavy atom. The first kappa shape index (κ1) is 16.4. The predicted molar refractivity (Wildman–Crippen MR) is 72.4 cm³/mol. The van der Waals surface area contributed by atoms with Gasteiger partial charge in [-0.3, -0.25) is 9.48 Å². The number of esters is 1. The van der Waals surface area contributed by atoms with Gasteiger partial charge in [0.15, 0.2) is 5.69 Å².